The number of nitro benzene ring substituents is 1. The molecule has 1 atom stereocenters. The molecule has 1 unspecified atom stereocenters. The topological polar surface area (TPSA) is 122 Å². The highest BCUT2D eigenvalue weighted by Crippen LogP contribution is 2.22. The standard InChI is InChI=1S/C11H12N2O6/c1-6(10(14)18-2)19-11(15)7-3-4-8(12)9(5-7)13(16)17/h3-6H,12H2,1-2H3. The Hall–Kier alpha value is -2.64. The second-order valence-electron chi connectivity index (χ2n) is 3.60. The molecule has 0 saturated heterocycles. The zero-order chi connectivity index (χ0) is 14.6. The number of rotatable bonds is 4. The summed E-state index contributed by atoms with van der Waals surface area (Å²) in [7, 11) is 1.15. The predicted molar refractivity (Wildman–Crippen MR) is 64.4 cm³/mol. The van der Waals surface area contributed by atoms with E-state index in [-0.39, 0.29) is 11.3 Å². The molecule has 0 amide bonds. The number of nitrogens with zero attached hydrogens (tertiary/aromatic N) is 1. The lowest BCUT2D eigenvalue weighted by Gasteiger charge is -2.10. The summed E-state index contributed by atoms with van der Waals surface area (Å²) in [4.78, 5) is 32.7. The van der Waals surface area contributed by atoms with Gasteiger partial charge in [-0.2, -0.15) is 0 Å². The van der Waals surface area contributed by atoms with Gasteiger partial charge >= 0.3 is 11.9 Å². The van der Waals surface area contributed by atoms with Crippen LogP contribution < -0.4 is 5.73 Å². The SMILES string of the molecule is COC(=O)C(C)OC(=O)c1ccc(N)c([N+](=O)[O-])c1. The number of ether oxygens (including phenoxy) is 2. The second kappa shape index (κ2) is 5.80. The minimum Gasteiger partial charge on any atom is -0.466 e. The van der Waals surface area contributed by atoms with Crippen LogP contribution in [-0.4, -0.2) is 30.1 Å². The second-order valence-corrected chi connectivity index (χ2v) is 3.60. The maximum Gasteiger partial charge on any atom is 0.346 e. The lowest BCUT2D eigenvalue weighted by Crippen LogP contribution is -2.25. The van der Waals surface area contributed by atoms with Crippen molar-refractivity contribution in [2.45, 2.75) is 13.0 Å². The largest absolute Gasteiger partial charge is 0.466 e. The predicted octanol–water partition coefficient (Wildman–Crippen LogP) is 0.895. The number of benzene rings is 1. The van der Waals surface area contributed by atoms with Crippen molar-refractivity contribution in [2.75, 3.05) is 12.8 Å². The van der Waals surface area contributed by atoms with Crippen LogP contribution >= 0.6 is 0 Å². The number of carbonyl (C=O) groups excluding carboxylic acids is 2. The van der Waals surface area contributed by atoms with E-state index in [2.05, 4.69) is 4.74 Å². The molecular weight excluding hydrogens is 256 g/mol. The molecule has 0 saturated carbocycles. The Kier molecular flexibility index (Phi) is 4.41. The Labute approximate surface area is 108 Å². The molecule has 1 aromatic carbocycles. The van der Waals surface area contributed by atoms with Crippen LogP contribution in [0.25, 0.3) is 0 Å². The molecule has 8 nitrogen and oxygen atoms in total. The quantitative estimate of drug-likeness (QED) is 0.372. The number of nitro groups is 1. The van der Waals surface area contributed by atoms with Gasteiger partial charge in [-0.3, -0.25) is 10.1 Å². The molecule has 1 aromatic rings. The molecule has 102 valence electrons. The summed E-state index contributed by atoms with van der Waals surface area (Å²) < 4.78 is 9.17. The first-order valence-electron chi connectivity index (χ1n) is 5.19. The van der Waals surface area contributed by atoms with Crippen molar-refractivity contribution in [3.05, 3.63) is 33.9 Å². The number of methoxy groups -OCH3 is 1. The summed E-state index contributed by atoms with van der Waals surface area (Å²) in [5, 5.41) is 10.7. The van der Waals surface area contributed by atoms with Crippen molar-refractivity contribution < 1.29 is 24.0 Å². The van der Waals surface area contributed by atoms with Gasteiger partial charge in [0.15, 0.2) is 6.10 Å². The average Bonchev–Trinajstić information content (AvgIpc) is 2.37. The van der Waals surface area contributed by atoms with Gasteiger partial charge < -0.3 is 15.2 Å². The Morgan fingerprint density at radius 2 is 2.05 bits per heavy atom. The monoisotopic (exact) mass is 268 g/mol. The molecule has 0 spiro atoms. The van der Waals surface area contributed by atoms with E-state index >= 15 is 0 Å². The van der Waals surface area contributed by atoms with Crippen molar-refractivity contribution in [2.24, 2.45) is 0 Å². The normalized spacial score (nSPS) is 11.5. The van der Waals surface area contributed by atoms with E-state index in [9.17, 15) is 19.7 Å². The van der Waals surface area contributed by atoms with E-state index in [0.29, 0.717) is 0 Å². The highest BCUT2D eigenvalue weighted by atomic mass is 16.6. The molecular formula is C11H12N2O6. The number of anilines is 1. The molecule has 2 N–H and O–H groups in total. The Bertz CT molecular complexity index is 528. The van der Waals surface area contributed by atoms with E-state index in [1.807, 2.05) is 0 Å². The molecule has 8 heteroatoms. The smallest absolute Gasteiger partial charge is 0.346 e. The molecule has 0 aliphatic carbocycles. The van der Waals surface area contributed by atoms with Crippen LogP contribution in [0, 0.1) is 10.1 Å². The fourth-order valence-electron chi connectivity index (χ4n) is 1.27. The van der Waals surface area contributed by atoms with Crippen LogP contribution in [0.5, 0.6) is 0 Å². The van der Waals surface area contributed by atoms with Crippen LogP contribution in [0.4, 0.5) is 11.4 Å². The number of esters is 2. The van der Waals surface area contributed by atoms with Gasteiger partial charge in [-0.15, -0.1) is 0 Å². The van der Waals surface area contributed by atoms with Crippen LogP contribution in [-0.2, 0) is 14.3 Å². The van der Waals surface area contributed by atoms with Gasteiger partial charge in [0.2, 0.25) is 0 Å². The molecule has 0 bridgehead atoms. The first kappa shape index (κ1) is 14.4. The average molecular weight is 268 g/mol. The first-order chi connectivity index (χ1) is 8.86. The minimum absolute atomic E-state index is 0.0671. The van der Waals surface area contributed by atoms with Crippen molar-refractivity contribution >= 4 is 23.3 Å². The summed E-state index contributed by atoms with van der Waals surface area (Å²) in [5.74, 6) is -1.60. The van der Waals surface area contributed by atoms with Crippen LogP contribution in [0.3, 0.4) is 0 Å². The summed E-state index contributed by atoms with van der Waals surface area (Å²) in [6.45, 7) is 1.33. The third kappa shape index (κ3) is 3.41. The number of hydrogen-bond donors (Lipinski definition) is 1. The highest BCUT2D eigenvalue weighted by molar-refractivity contribution is 5.92. The van der Waals surface area contributed by atoms with E-state index < -0.39 is 28.7 Å². The molecule has 1 rings (SSSR count). The van der Waals surface area contributed by atoms with Gasteiger partial charge in [0.25, 0.3) is 5.69 Å². The zero-order valence-electron chi connectivity index (χ0n) is 10.3. The van der Waals surface area contributed by atoms with Crippen molar-refractivity contribution in [1.82, 2.24) is 0 Å². The number of nitrogens with two attached hydrogens (primary N) is 1. The van der Waals surface area contributed by atoms with Gasteiger partial charge in [0.1, 0.15) is 5.69 Å². The molecule has 19 heavy (non-hydrogen) atoms. The van der Waals surface area contributed by atoms with E-state index in [4.69, 9.17) is 10.5 Å². The fraction of sp³-hybridized carbons (Fsp3) is 0.273. The molecule has 0 radical (unpaired) electrons. The summed E-state index contributed by atoms with van der Waals surface area (Å²) in [6, 6.07) is 3.48. The Morgan fingerprint density at radius 3 is 2.58 bits per heavy atom. The molecule has 0 heterocycles. The lowest BCUT2D eigenvalue weighted by molar-refractivity contribution is -0.383. The lowest BCUT2D eigenvalue weighted by atomic mass is 10.2. The summed E-state index contributed by atoms with van der Waals surface area (Å²) >= 11 is 0. The molecule has 0 aromatic heterocycles. The number of hydrogen-bond acceptors (Lipinski definition) is 7. The summed E-state index contributed by atoms with van der Waals surface area (Å²) in [5.41, 5.74) is 4.85. The van der Waals surface area contributed by atoms with Crippen LogP contribution in [0.1, 0.15) is 17.3 Å². The third-order valence-corrected chi connectivity index (χ3v) is 2.28. The third-order valence-electron chi connectivity index (χ3n) is 2.28. The number of carbonyl (C=O) groups is 2. The summed E-state index contributed by atoms with van der Waals surface area (Å²) in [6.07, 6.45) is -1.10. The van der Waals surface area contributed by atoms with Crippen molar-refractivity contribution in [3.63, 3.8) is 0 Å². The van der Waals surface area contributed by atoms with Gasteiger partial charge in [0, 0.05) is 6.07 Å². The maximum atomic E-state index is 11.7. The number of nitrogen functional groups attached to an aromatic ring is 1. The van der Waals surface area contributed by atoms with Gasteiger partial charge in [-0.1, -0.05) is 0 Å². The Balaban J connectivity index is 2.92. The highest BCUT2D eigenvalue weighted by Gasteiger charge is 2.21. The van der Waals surface area contributed by atoms with Gasteiger partial charge in [-0.25, -0.2) is 9.59 Å². The Morgan fingerprint density at radius 1 is 1.42 bits per heavy atom. The molecule has 0 fully saturated rings. The maximum absolute atomic E-state index is 11.7. The first-order valence-corrected chi connectivity index (χ1v) is 5.19. The minimum atomic E-state index is -1.10. The van der Waals surface area contributed by atoms with Crippen LogP contribution in [0.2, 0.25) is 0 Å². The fourth-order valence-corrected chi connectivity index (χ4v) is 1.27. The zero-order valence-corrected chi connectivity index (χ0v) is 10.3. The molecule has 0 aliphatic heterocycles. The van der Waals surface area contributed by atoms with Crippen molar-refractivity contribution in [1.29, 1.82) is 0 Å². The van der Waals surface area contributed by atoms with Gasteiger partial charge in [-0.05, 0) is 19.1 Å². The van der Waals surface area contributed by atoms with Crippen LogP contribution in [0.15, 0.2) is 18.2 Å². The van der Waals surface area contributed by atoms with Crippen molar-refractivity contribution in [3.8, 4) is 0 Å². The van der Waals surface area contributed by atoms with E-state index in [1.54, 1.807) is 0 Å². The molecule has 0 aliphatic rings. The van der Waals surface area contributed by atoms with E-state index in [1.165, 1.54) is 19.1 Å². The van der Waals surface area contributed by atoms with Gasteiger partial charge in [0.05, 0.1) is 17.6 Å². The van der Waals surface area contributed by atoms with E-state index in [0.717, 1.165) is 13.2 Å².